The molecule has 0 spiro atoms. The number of benzene rings is 1. The SMILES string of the molecule is CC(C)c1[nH]c2ccccc2c1CCN. The molecule has 0 amide bonds. The summed E-state index contributed by atoms with van der Waals surface area (Å²) in [6.07, 6.45) is 0.956. The van der Waals surface area contributed by atoms with Crippen LogP contribution in [0.5, 0.6) is 0 Å². The summed E-state index contributed by atoms with van der Waals surface area (Å²) in [6, 6.07) is 8.44. The van der Waals surface area contributed by atoms with Crippen molar-refractivity contribution in [2.75, 3.05) is 6.54 Å². The number of fused-ring (bicyclic) bond motifs is 1. The van der Waals surface area contributed by atoms with Crippen LogP contribution < -0.4 is 5.73 Å². The number of para-hydroxylation sites is 1. The Hall–Kier alpha value is -1.28. The maximum absolute atomic E-state index is 5.67. The number of aromatic amines is 1. The van der Waals surface area contributed by atoms with Crippen LogP contribution in [0.1, 0.15) is 31.0 Å². The van der Waals surface area contributed by atoms with Gasteiger partial charge >= 0.3 is 0 Å². The third kappa shape index (κ3) is 1.77. The van der Waals surface area contributed by atoms with E-state index < -0.39 is 0 Å². The topological polar surface area (TPSA) is 41.8 Å². The zero-order valence-electron chi connectivity index (χ0n) is 9.38. The summed E-state index contributed by atoms with van der Waals surface area (Å²) in [6.45, 7) is 5.14. The smallest absolute Gasteiger partial charge is 0.0459 e. The lowest BCUT2D eigenvalue weighted by molar-refractivity contribution is 0.809. The summed E-state index contributed by atoms with van der Waals surface area (Å²) in [5.41, 5.74) is 9.62. The Balaban J connectivity index is 2.63. The second-order valence-electron chi connectivity index (χ2n) is 4.26. The number of aromatic nitrogens is 1. The Morgan fingerprint density at radius 3 is 2.67 bits per heavy atom. The molecule has 0 saturated heterocycles. The van der Waals surface area contributed by atoms with Gasteiger partial charge in [0, 0.05) is 16.6 Å². The van der Waals surface area contributed by atoms with Crippen molar-refractivity contribution in [1.29, 1.82) is 0 Å². The zero-order chi connectivity index (χ0) is 10.8. The van der Waals surface area contributed by atoms with Crippen LogP contribution in [0.15, 0.2) is 24.3 Å². The average molecular weight is 202 g/mol. The van der Waals surface area contributed by atoms with Gasteiger partial charge in [0.25, 0.3) is 0 Å². The molecule has 2 rings (SSSR count). The monoisotopic (exact) mass is 202 g/mol. The molecule has 2 nitrogen and oxygen atoms in total. The van der Waals surface area contributed by atoms with E-state index in [0.29, 0.717) is 12.5 Å². The lowest BCUT2D eigenvalue weighted by Gasteiger charge is -2.06. The molecule has 1 heterocycles. The van der Waals surface area contributed by atoms with Gasteiger partial charge in [0.1, 0.15) is 0 Å². The van der Waals surface area contributed by atoms with E-state index in [0.717, 1.165) is 6.42 Å². The van der Waals surface area contributed by atoms with Gasteiger partial charge in [-0.15, -0.1) is 0 Å². The van der Waals surface area contributed by atoms with Crippen LogP contribution in [0.3, 0.4) is 0 Å². The first-order valence-electron chi connectivity index (χ1n) is 5.53. The van der Waals surface area contributed by atoms with Crippen molar-refractivity contribution in [3.63, 3.8) is 0 Å². The summed E-state index contributed by atoms with van der Waals surface area (Å²) in [4.78, 5) is 3.49. The fraction of sp³-hybridized carbons (Fsp3) is 0.385. The van der Waals surface area contributed by atoms with Crippen molar-refractivity contribution in [1.82, 2.24) is 4.98 Å². The number of hydrogen-bond acceptors (Lipinski definition) is 1. The van der Waals surface area contributed by atoms with E-state index in [1.54, 1.807) is 0 Å². The molecule has 0 aliphatic heterocycles. The summed E-state index contributed by atoms with van der Waals surface area (Å²) < 4.78 is 0. The molecule has 0 atom stereocenters. The molecular weight excluding hydrogens is 184 g/mol. The largest absolute Gasteiger partial charge is 0.358 e. The fourth-order valence-corrected chi connectivity index (χ4v) is 2.13. The van der Waals surface area contributed by atoms with E-state index in [2.05, 4.69) is 43.1 Å². The maximum Gasteiger partial charge on any atom is 0.0459 e. The molecule has 1 aromatic heterocycles. The van der Waals surface area contributed by atoms with Gasteiger partial charge in [-0.05, 0) is 30.5 Å². The summed E-state index contributed by atoms with van der Waals surface area (Å²) in [5.74, 6) is 0.527. The number of H-pyrrole nitrogens is 1. The molecule has 3 N–H and O–H groups in total. The summed E-state index contributed by atoms with van der Waals surface area (Å²) >= 11 is 0. The second kappa shape index (κ2) is 4.07. The standard InChI is InChI=1S/C13H18N2/c1-9(2)13-11(7-8-14)10-5-3-4-6-12(10)15-13/h3-6,9,15H,7-8,14H2,1-2H3. The number of nitrogens with one attached hydrogen (secondary N) is 1. The predicted octanol–water partition coefficient (Wildman–Crippen LogP) is 2.79. The van der Waals surface area contributed by atoms with Crippen molar-refractivity contribution in [2.45, 2.75) is 26.2 Å². The van der Waals surface area contributed by atoms with Crippen molar-refractivity contribution in [3.05, 3.63) is 35.5 Å². The van der Waals surface area contributed by atoms with Gasteiger partial charge in [-0.2, -0.15) is 0 Å². The minimum absolute atomic E-state index is 0.527. The molecule has 0 saturated carbocycles. The predicted molar refractivity (Wildman–Crippen MR) is 65.1 cm³/mol. The lowest BCUT2D eigenvalue weighted by atomic mass is 10.0. The first-order chi connectivity index (χ1) is 7.24. The van der Waals surface area contributed by atoms with Crippen molar-refractivity contribution in [2.24, 2.45) is 5.73 Å². The Labute approximate surface area is 90.5 Å². The molecule has 1 aromatic carbocycles. The van der Waals surface area contributed by atoms with Crippen LogP contribution in [0.25, 0.3) is 10.9 Å². The summed E-state index contributed by atoms with van der Waals surface area (Å²) in [5, 5.41) is 1.33. The molecule has 2 heteroatoms. The highest BCUT2D eigenvalue weighted by molar-refractivity contribution is 5.84. The van der Waals surface area contributed by atoms with E-state index in [-0.39, 0.29) is 0 Å². The fourth-order valence-electron chi connectivity index (χ4n) is 2.13. The van der Waals surface area contributed by atoms with Crippen molar-refractivity contribution >= 4 is 10.9 Å². The normalized spacial score (nSPS) is 11.5. The van der Waals surface area contributed by atoms with Crippen molar-refractivity contribution in [3.8, 4) is 0 Å². The van der Waals surface area contributed by atoms with E-state index in [1.165, 1.54) is 22.2 Å². The Morgan fingerprint density at radius 1 is 1.27 bits per heavy atom. The second-order valence-corrected chi connectivity index (χ2v) is 4.26. The third-order valence-electron chi connectivity index (χ3n) is 2.82. The molecule has 80 valence electrons. The first-order valence-corrected chi connectivity index (χ1v) is 5.53. The highest BCUT2D eigenvalue weighted by Crippen LogP contribution is 2.27. The molecule has 0 unspecified atom stereocenters. The van der Waals surface area contributed by atoms with E-state index in [1.807, 2.05) is 0 Å². The molecule has 15 heavy (non-hydrogen) atoms. The first kappa shape index (κ1) is 10.2. The molecule has 0 aliphatic rings. The van der Waals surface area contributed by atoms with Crippen LogP contribution in [-0.2, 0) is 6.42 Å². The van der Waals surface area contributed by atoms with Crippen molar-refractivity contribution < 1.29 is 0 Å². The van der Waals surface area contributed by atoms with Gasteiger partial charge in [-0.25, -0.2) is 0 Å². The van der Waals surface area contributed by atoms with Crippen LogP contribution in [0.4, 0.5) is 0 Å². The highest BCUT2D eigenvalue weighted by atomic mass is 14.7. The van der Waals surface area contributed by atoms with Gasteiger partial charge in [0.05, 0.1) is 0 Å². The molecule has 0 bridgehead atoms. The van der Waals surface area contributed by atoms with Gasteiger partial charge in [-0.1, -0.05) is 32.0 Å². The molecular formula is C13H18N2. The number of rotatable bonds is 3. The minimum atomic E-state index is 0.527. The molecule has 2 aromatic rings. The number of nitrogens with two attached hydrogens (primary N) is 1. The Bertz CT molecular complexity index is 455. The molecule has 0 aliphatic carbocycles. The maximum atomic E-state index is 5.67. The van der Waals surface area contributed by atoms with Crippen LogP contribution in [0.2, 0.25) is 0 Å². The highest BCUT2D eigenvalue weighted by Gasteiger charge is 2.12. The van der Waals surface area contributed by atoms with E-state index in [4.69, 9.17) is 5.73 Å². The van der Waals surface area contributed by atoms with E-state index in [9.17, 15) is 0 Å². The van der Waals surface area contributed by atoms with Gasteiger partial charge in [-0.3, -0.25) is 0 Å². The van der Waals surface area contributed by atoms with Gasteiger partial charge in [0.2, 0.25) is 0 Å². The minimum Gasteiger partial charge on any atom is -0.358 e. The zero-order valence-corrected chi connectivity index (χ0v) is 9.38. The average Bonchev–Trinajstić information content (AvgIpc) is 2.58. The molecule has 0 fully saturated rings. The van der Waals surface area contributed by atoms with Gasteiger partial charge in [0.15, 0.2) is 0 Å². The Kier molecular flexibility index (Phi) is 2.78. The molecule has 0 radical (unpaired) electrons. The van der Waals surface area contributed by atoms with E-state index >= 15 is 0 Å². The van der Waals surface area contributed by atoms with Crippen LogP contribution in [-0.4, -0.2) is 11.5 Å². The number of hydrogen-bond donors (Lipinski definition) is 2. The third-order valence-corrected chi connectivity index (χ3v) is 2.82. The lowest BCUT2D eigenvalue weighted by Crippen LogP contribution is -2.05. The summed E-state index contributed by atoms with van der Waals surface area (Å²) in [7, 11) is 0. The quantitative estimate of drug-likeness (QED) is 0.789. The Morgan fingerprint density at radius 2 is 2.00 bits per heavy atom. The van der Waals surface area contributed by atoms with Crippen LogP contribution >= 0.6 is 0 Å². The van der Waals surface area contributed by atoms with Crippen LogP contribution in [0, 0.1) is 0 Å². The van der Waals surface area contributed by atoms with Gasteiger partial charge < -0.3 is 10.7 Å².